The van der Waals surface area contributed by atoms with Crippen LogP contribution in [-0.2, 0) is 6.54 Å². The number of halogens is 1. The molecule has 0 amide bonds. The highest BCUT2D eigenvalue weighted by Crippen LogP contribution is 2.34. The van der Waals surface area contributed by atoms with Crippen LogP contribution < -0.4 is 10.2 Å². The molecule has 5 heteroatoms. The minimum absolute atomic E-state index is 0.0594. The molecule has 0 radical (unpaired) electrons. The molecule has 0 heterocycles. The summed E-state index contributed by atoms with van der Waals surface area (Å²) in [5, 5.41) is 17.9. The van der Waals surface area contributed by atoms with Crippen LogP contribution in [0, 0.1) is 0 Å². The second kappa shape index (κ2) is 4.45. The number of benzene rings is 1. The van der Waals surface area contributed by atoms with Gasteiger partial charge in [0, 0.05) is 6.54 Å². The highest BCUT2D eigenvalue weighted by molar-refractivity contribution is 9.10. The summed E-state index contributed by atoms with van der Waals surface area (Å²) in [5.74, 6) is 0.434. The number of hydrogen-bond acceptors (Lipinski definition) is 4. The van der Waals surface area contributed by atoms with Crippen LogP contribution in [0.25, 0.3) is 0 Å². The zero-order valence-electron chi connectivity index (χ0n) is 7.04. The zero-order valence-corrected chi connectivity index (χ0v) is 8.63. The van der Waals surface area contributed by atoms with Crippen molar-refractivity contribution in [3.05, 3.63) is 22.2 Å². The van der Waals surface area contributed by atoms with Crippen molar-refractivity contribution in [2.24, 2.45) is 0 Å². The predicted octanol–water partition coefficient (Wildman–Crippen LogP) is 1.64. The lowest BCUT2D eigenvalue weighted by Gasteiger charge is -2.07. The van der Waals surface area contributed by atoms with E-state index in [9.17, 15) is 5.11 Å². The number of nitrogens with one attached hydrogen (secondary N) is 1. The molecule has 0 aromatic heterocycles. The third kappa shape index (κ3) is 2.33. The van der Waals surface area contributed by atoms with Gasteiger partial charge in [0.25, 0.3) is 0 Å². The fourth-order valence-corrected chi connectivity index (χ4v) is 1.47. The Balaban J connectivity index is 3.06. The summed E-state index contributed by atoms with van der Waals surface area (Å²) >= 11 is 3.17. The highest BCUT2D eigenvalue weighted by atomic mass is 79.9. The molecule has 1 aromatic rings. The summed E-state index contributed by atoms with van der Waals surface area (Å²) < 4.78 is 5.46. The van der Waals surface area contributed by atoms with Crippen LogP contribution in [0.5, 0.6) is 11.5 Å². The maximum Gasteiger partial charge on any atom is 0.172 e. The van der Waals surface area contributed by atoms with Crippen molar-refractivity contribution in [2.45, 2.75) is 6.54 Å². The van der Waals surface area contributed by atoms with E-state index in [1.807, 2.05) is 5.48 Å². The average molecular weight is 248 g/mol. The molecule has 0 aliphatic carbocycles. The summed E-state index contributed by atoms with van der Waals surface area (Å²) in [6.07, 6.45) is 0. The van der Waals surface area contributed by atoms with E-state index in [1.165, 1.54) is 7.11 Å². The van der Waals surface area contributed by atoms with Crippen LogP contribution in [0.3, 0.4) is 0 Å². The van der Waals surface area contributed by atoms with E-state index in [2.05, 4.69) is 15.9 Å². The Kier molecular flexibility index (Phi) is 3.53. The minimum Gasteiger partial charge on any atom is -0.503 e. The Labute approximate surface area is 84.2 Å². The molecule has 0 saturated carbocycles. The lowest BCUT2D eigenvalue weighted by atomic mass is 10.2. The maximum absolute atomic E-state index is 9.44. The lowest BCUT2D eigenvalue weighted by molar-refractivity contribution is 0.161. The van der Waals surface area contributed by atoms with Crippen molar-refractivity contribution in [3.8, 4) is 11.5 Å². The van der Waals surface area contributed by atoms with Crippen LogP contribution in [0.4, 0.5) is 0 Å². The fraction of sp³-hybridized carbons (Fsp3) is 0.250. The minimum atomic E-state index is 0.0594. The van der Waals surface area contributed by atoms with Gasteiger partial charge in [-0.3, -0.25) is 0 Å². The Morgan fingerprint density at radius 3 is 2.77 bits per heavy atom. The molecule has 1 aromatic carbocycles. The second-order valence-corrected chi connectivity index (χ2v) is 3.32. The molecule has 0 atom stereocenters. The van der Waals surface area contributed by atoms with Crippen LogP contribution >= 0.6 is 15.9 Å². The first-order valence-electron chi connectivity index (χ1n) is 3.61. The van der Waals surface area contributed by atoms with Crippen LogP contribution in [0.1, 0.15) is 5.56 Å². The smallest absolute Gasteiger partial charge is 0.172 e. The number of rotatable bonds is 3. The van der Waals surface area contributed by atoms with Gasteiger partial charge in [-0.05, 0) is 33.6 Å². The molecule has 13 heavy (non-hydrogen) atoms. The van der Waals surface area contributed by atoms with Gasteiger partial charge in [0.15, 0.2) is 11.5 Å². The van der Waals surface area contributed by atoms with Gasteiger partial charge >= 0.3 is 0 Å². The summed E-state index contributed by atoms with van der Waals surface area (Å²) in [5.41, 5.74) is 2.83. The molecule has 0 bridgehead atoms. The Morgan fingerprint density at radius 2 is 2.23 bits per heavy atom. The Morgan fingerprint density at radius 1 is 1.54 bits per heavy atom. The van der Waals surface area contributed by atoms with Gasteiger partial charge < -0.3 is 15.1 Å². The van der Waals surface area contributed by atoms with E-state index in [-0.39, 0.29) is 5.75 Å². The van der Waals surface area contributed by atoms with Crippen LogP contribution in [0.15, 0.2) is 16.6 Å². The quantitative estimate of drug-likeness (QED) is 0.711. The molecule has 3 N–H and O–H groups in total. The highest BCUT2D eigenvalue weighted by Gasteiger charge is 2.07. The molecule has 0 unspecified atom stereocenters. The van der Waals surface area contributed by atoms with Gasteiger partial charge in [-0.2, -0.15) is 0 Å². The number of hydroxylamine groups is 1. The predicted molar refractivity (Wildman–Crippen MR) is 51.0 cm³/mol. The van der Waals surface area contributed by atoms with E-state index in [0.717, 1.165) is 5.56 Å². The monoisotopic (exact) mass is 247 g/mol. The lowest BCUT2D eigenvalue weighted by Crippen LogP contribution is -2.06. The largest absolute Gasteiger partial charge is 0.503 e. The first-order valence-corrected chi connectivity index (χ1v) is 4.40. The molecule has 72 valence electrons. The van der Waals surface area contributed by atoms with Crippen molar-refractivity contribution < 1.29 is 15.1 Å². The number of methoxy groups -OCH3 is 1. The van der Waals surface area contributed by atoms with E-state index >= 15 is 0 Å². The fourth-order valence-electron chi connectivity index (χ4n) is 0.976. The van der Waals surface area contributed by atoms with Crippen molar-refractivity contribution in [1.29, 1.82) is 0 Å². The first-order chi connectivity index (χ1) is 6.19. The molecule has 4 nitrogen and oxygen atoms in total. The van der Waals surface area contributed by atoms with Gasteiger partial charge in [0.05, 0.1) is 11.6 Å². The maximum atomic E-state index is 9.44. The number of phenolic OH excluding ortho intramolecular Hbond substituents is 1. The average Bonchev–Trinajstić information content (AvgIpc) is 2.11. The molecule has 0 fully saturated rings. The van der Waals surface area contributed by atoms with Crippen LogP contribution in [-0.4, -0.2) is 17.4 Å². The van der Waals surface area contributed by atoms with E-state index in [4.69, 9.17) is 9.94 Å². The van der Waals surface area contributed by atoms with Gasteiger partial charge in [0.1, 0.15) is 0 Å². The summed E-state index contributed by atoms with van der Waals surface area (Å²) in [7, 11) is 1.47. The van der Waals surface area contributed by atoms with Gasteiger partial charge in [-0.1, -0.05) is 0 Å². The zero-order chi connectivity index (χ0) is 9.84. The van der Waals surface area contributed by atoms with Crippen molar-refractivity contribution in [2.75, 3.05) is 7.11 Å². The molecule has 0 saturated heterocycles. The normalized spacial score (nSPS) is 10.1. The SMILES string of the molecule is COc1cc(CNO)cc(Br)c1O. The molecular formula is C8H10BrNO3. The number of hydrogen-bond donors (Lipinski definition) is 3. The summed E-state index contributed by atoms with van der Waals surface area (Å²) in [6, 6.07) is 3.34. The summed E-state index contributed by atoms with van der Waals surface area (Å²) in [6.45, 7) is 0.301. The standard InChI is InChI=1S/C8H10BrNO3/c1-13-7-3-5(4-10-12)2-6(9)8(7)11/h2-3,10-12H,4H2,1H3. The molecule has 0 aliphatic rings. The van der Waals surface area contributed by atoms with Crippen molar-refractivity contribution >= 4 is 15.9 Å². The number of ether oxygens (including phenoxy) is 1. The van der Waals surface area contributed by atoms with E-state index in [1.54, 1.807) is 12.1 Å². The van der Waals surface area contributed by atoms with Gasteiger partial charge in [-0.25, -0.2) is 5.48 Å². The van der Waals surface area contributed by atoms with Crippen molar-refractivity contribution in [1.82, 2.24) is 5.48 Å². The molecular weight excluding hydrogens is 238 g/mol. The van der Waals surface area contributed by atoms with Crippen molar-refractivity contribution in [3.63, 3.8) is 0 Å². The van der Waals surface area contributed by atoms with Gasteiger partial charge in [-0.15, -0.1) is 0 Å². The first kappa shape index (κ1) is 10.3. The van der Waals surface area contributed by atoms with Gasteiger partial charge in [0.2, 0.25) is 0 Å². The number of phenols is 1. The Bertz CT molecular complexity index is 304. The topological polar surface area (TPSA) is 61.7 Å². The molecule has 0 spiro atoms. The Hall–Kier alpha value is -0.780. The summed E-state index contributed by atoms with van der Waals surface area (Å²) in [4.78, 5) is 0. The third-order valence-corrected chi connectivity index (χ3v) is 2.20. The van der Waals surface area contributed by atoms with E-state index < -0.39 is 0 Å². The molecule has 1 rings (SSSR count). The van der Waals surface area contributed by atoms with Crippen LogP contribution in [0.2, 0.25) is 0 Å². The second-order valence-electron chi connectivity index (χ2n) is 2.46. The number of aromatic hydroxyl groups is 1. The van der Waals surface area contributed by atoms with E-state index in [0.29, 0.717) is 16.8 Å². The molecule has 0 aliphatic heterocycles. The third-order valence-electron chi connectivity index (χ3n) is 1.59.